The summed E-state index contributed by atoms with van der Waals surface area (Å²) in [5.41, 5.74) is 6.47. The number of likely N-dealkylation sites (tertiary alicyclic amines) is 1. The number of piperidine rings is 1. The van der Waals surface area contributed by atoms with Gasteiger partial charge in [-0.3, -0.25) is 9.69 Å². The number of esters is 1. The number of rotatable bonds is 3. The van der Waals surface area contributed by atoms with Crippen molar-refractivity contribution in [3.05, 3.63) is 34.9 Å². The Kier molecular flexibility index (Phi) is 6.27. The van der Waals surface area contributed by atoms with E-state index in [4.69, 9.17) is 22.1 Å². The van der Waals surface area contributed by atoms with Crippen LogP contribution in [0.5, 0.6) is 0 Å². The van der Waals surface area contributed by atoms with Crippen LogP contribution in [-0.2, 0) is 16.1 Å². The zero-order chi connectivity index (χ0) is 13.9. The molecule has 1 saturated heterocycles. The maximum atomic E-state index is 11.6. The summed E-state index contributed by atoms with van der Waals surface area (Å²) < 4.78 is 4.76. The highest BCUT2D eigenvalue weighted by atomic mass is 35.5. The molecule has 0 amide bonds. The SMILES string of the molecule is COC(=O)C1(N)CCN(Cc2ccc(Cl)cc2)CC1.Cl. The fourth-order valence-electron chi connectivity index (χ4n) is 2.37. The second-order valence-corrected chi connectivity index (χ2v) is 5.49. The van der Waals surface area contributed by atoms with Gasteiger partial charge >= 0.3 is 5.97 Å². The minimum Gasteiger partial charge on any atom is -0.468 e. The molecular formula is C14H20Cl2N2O2. The summed E-state index contributed by atoms with van der Waals surface area (Å²) >= 11 is 5.86. The van der Waals surface area contributed by atoms with Gasteiger partial charge in [0, 0.05) is 24.7 Å². The molecule has 1 aliphatic heterocycles. The predicted molar refractivity (Wildman–Crippen MR) is 82.1 cm³/mol. The fraction of sp³-hybridized carbons (Fsp3) is 0.500. The normalized spacial score (nSPS) is 18.1. The molecule has 0 saturated carbocycles. The van der Waals surface area contributed by atoms with Crippen molar-refractivity contribution in [1.29, 1.82) is 0 Å². The minimum atomic E-state index is -0.814. The van der Waals surface area contributed by atoms with Crippen molar-refractivity contribution < 1.29 is 9.53 Å². The molecule has 1 fully saturated rings. The summed E-state index contributed by atoms with van der Waals surface area (Å²) in [6, 6.07) is 7.82. The van der Waals surface area contributed by atoms with E-state index in [1.807, 2.05) is 24.3 Å². The lowest BCUT2D eigenvalue weighted by Gasteiger charge is -2.37. The summed E-state index contributed by atoms with van der Waals surface area (Å²) in [6.07, 6.45) is 1.26. The van der Waals surface area contributed by atoms with E-state index < -0.39 is 5.54 Å². The van der Waals surface area contributed by atoms with Gasteiger partial charge in [0.2, 0.25) is 0 Å². The quantitative estimate of drug-likeness (QED) is 0.868. The molecule has 0 spiro atoms. The first-order valence-corrected chi connectivity index (χ1v) is 6.75. The molecule has 1 heterocycles. The number of benzene rings is 1. The molecule has 0 atom stereocenters. The van der Waals surface area contributed by atoms with Gasteiger partial charge in [-0.15, -0.1) is 12.4 Å². The molecule has 20 heavy (non-hydrogen) atoms. The van der Waals surface area contributed by atoms with Crippen molar-refractivity contribution in [1.82, 2.24) is 4.90 Å². The number of halogens is 2. The Bertz CT molecular complexity index is 443. The van der Waals surface area contributed by atoms with Crippen molar-refractivity contribution in [3.8, 4) is 0 Å². The molecule has 0 radical (unpaired) electrons. The predicted octanol–water partition coefficient (Wildman–Crippen LogP) is 2.23. The van der Waals surface area contributed by atoms with E-state index >= 15 is 0 Å². The van der Waals surface area contributed by atoms with Crippen LogP contribution in [0.3, 0.4) is 0 Å². The van der Waals surface area contributed by atoms with Gasteiger partial charge in [0.1, 0.15) is 5.54 Å². The van der Waals surface area contributed by atoms with Crippen LogP contribution in [0.4, 0.5) is 0 Å². The average Bonchev–Trinajstić information content (AvgIpc) is 2.43. The summed E-state index contributed by atoms with van der Waals surface area (Å²) in [4.78, 5) is 13.9. The van der Waals surface area contributed by atoms with Gasteiger partial charge in [-0.1, -0.05) is 23.7 Å². The summed E-state index contributed by atoms with van der Waals surface area (Å²) in [5.74, 6) is -0.307. The molecule has 1 aliphatic rings. The van der Waals surface area contributed by atoms with Crippen LogP contribution in [-0.4, -0.2) is 36.6 Å². The van der Waals surface area contributed by atoms with Crippen LogP contribution in [0.2, 0.25) is 5.02 Å². The maximum absolute atomic E-state index is 11.6. The molecular weight excluding hydrogens is 299 g/mol. The highest BCUT2D eigenvalue weighted by Gasteiger charge is 2.38. The van der Waals surface area contributed by atoms with Gasteiger partial charge in [-0.2, -0.15) is 0 Å². The van der Waals surface area contributed by atoms with E-state index in [2.05, 4.69) is 4.90 Å². The Morgan fingerprint density at radius 1 is 1.35 bits per heavy atom. The number of nitrogens with zero attached hydrogens (tertiary/aromatic N) is 1. The first-order chi connectivity index (χ1) is 9.03. The number of methoxy groups -OCH3 is 1. The zero-order valence-electron chi connectivity index (χ0n) is 11.5. The smallest absolute Gasteiger partial charge is 0.325 e. The highest BCUT2D eigenvalue weighted by molar-refractivity contribution is 6.30. The summed E-state index contributed by atoms with van der Waals surface area (Å²) in [7, 11) is 1.39. The van der Waals surface area contributed by atoms with E-state index in [9.17, 15) is 4.79 Å². The van der Waals surface area contributed by atoms with Crippen LogP contribution in [0, 0.1) is 0 Å². The van der Waals surface area contributed by atoms with Gasteiger partial charge < -0.3 is 10.5 Å². The van der Waals surface area contributed by atoms with Crippen molar-refractivity contribution in [3.63, 3.8) is 0 Å². The van der Waals surface area contributed by atoms with Crippen molar-refractivity contribution in [2.45, 2.75) is 24.9 Å². The molecule has 0 bridgehead atoms. The van der Waals surface area contributed by atoms with Gasteiger partial charge in [0.15, 0.2) is 0 Å². The number of carbonyl (C=O) groups is 1. The summed E-state index contributed by atoms with van der Waals surface area (Å²) in [5, 5.41) is 0.745. The van der Waals surface area contributed by atoms with Crippen molar-refractivity contribution >= 4 is 30.0 Å². The lowest BCUT2D eigenvalue weighted by atomic mass is 9.88. The van der Waals surface area contributed by atoms with Crippen LogP contribution in [0.25, 0.3) is 0 Å². The Morgan fingerprint density at radius 2 is 1.90 bits per heavy atom. The second-order valence-electron chi connectivity index (χ2n) is 5.05. The summed E-state index contributed by atoms with van der Waals surface area (Å²) in [6.45, 7) is 2.46. The number of hydrogen-bond acceptors (Lipinski definition) is 4. The van der Waals surface area contributed by atoms with Gasteiger partial charge in [0.05, 0.1) is 7.11 Å². The maximum Gasteiger partial charge on any atom is 0.325 e. The molecule has 0 aliphatic carbocycles. The highest BCUT2D eigenvalue weighted by Crippen LogP contribution is 2.22. The molecule has 2 N–H and O–H groups in total. The molecule has 0 aromatic heterocycles. The second kappa shape index (κ2) is 7.27. The zero-order valence-corrected chi connectivity index (χ0v) is 13.0. The van der Waals surface area contributed by atoms with E-state index in [1.54, 1.807) is 0 Å². The lowest BCUT2D eigenvalue weighted by molar-refractivity contribution is -0.149. The molecule has 2 rings (SSSR count). The van der Waals surface area contributed by atoms with Crippen LogP contribution in [0.1, 0.15) is 18.4 Å². The Morgan fingerprint density at radius 3 is 2.40 bits per heavy atom. The van der Waals surface area contributed by atoms with E-state index in [-0.39, 0.29) is 18.4 Å². The number of nitrogens with two attached hydrogens (primary N) is 1. The molecule has 112 valence electrons. The first kappa shape index (κ1) is 17.2. The minimum absolute atomic E-state index is 0. The van der Waals surface area contributed by atoms with Crippen LogP contribution < -0.4 is 5.73 Å². The molecule has 0 unspecified atom stereocenters. The third-order valence-corrected chi connectivity index (χ3v) is 3.91. The third-order valence-electron chi connectivity index (χ3n) is 3.66. The molecule has 6 heteroatoms. The van der Waals surface area contributed by atoms with Crippen molar-refractivity contribution in [2.24, 2.45) is 5.73 Å². The monoisotopic (exact) mass is 318 g/mol. The van der Waals surface area contributed by atoms with E-state index in [0.717, 1.165) is 24.7 Å². The van der Waals surface area contributed by atoms with E-state index in [0.29, 0.717) is 12.8 Å². The van der Waals surface area contributed by atoms with Gasteiger partial charge in [-0.05, 0) is 30.5 Å². The first-order valence-electron chi connectivity index (χ1n) is 6.37. The topological polar surface area (TPSA) is 55.6 Å². The third kappa shape index (κ3) is 4.09. The standard InChI is InChI=1S/C14H19ClN2O2.ClH/c1-19-13(18)14(16)6-8-17(9-7-14)10-11-2-4-12(15)5-3-11;/h2-5H,6-10,16H2,1H3;1H. The Labute approximate surface area is 130 Å². The number of carbonyl (C=O) groups excluding carboxylic acids is 1. The number of hydrogen-bond donors (Lipinski definition) is 1. The van der Waals surface area contributed by atoms with Gasteiger partial charge in [-0.25, -0.2) is 0 Å². The molecule has 1 aromatic carbocycles. The molecule has 4 nitrogen and oxygen atoms in total. The van der Waals surface area contributed by atoms with Crippen molar-refractivity contribution in [2.75, 3.05) is 20.2 Å². The Balaban J connectivity index is 0.00000200. The lowest BCUT2D eigenvalue weighted by Crippen LogP contribution is -2.55. The Hall–Kier alpha value is -0.810. The average molecular weight is 319 g/mol. The van der Waals surface area contributed by atoms with Crippen LogP contribution >= 0.6 is 24.0 Å². The number of ether oxygens (including phenoxy) is 1. The van der Waals surface area contributed by atoms with Gasteiger partial charge in [0.25, 0.3) is 0 Å². The largest absolute Gasteiger partial charge is 0.468 e. The van der Waals surface area contributed by atoms with E-state index in [1.165, 1.54) is 12.7 Å². The fourth-order valence-corrected chi connectivity index (χ4v) is 2.49. The molecule has 1 aromatic rings. The van der Waals surface area contributed by atoms with Crippen LogP contribution in [0.15, 0.2) is 24.3 Å².